The van der Waals surface area contributed by atoms with Gasteiger partial charge in [-0.3, -0.25) is 23.7 Å². The number of thiazole rings is 1. The molecule has 232 valence electrons. The lowest BCUT2D eigenvalue weighted by Gasteiger charge is -2.31. The third-order valence-corrected chi connectivity index (χ3v) is 10.3. The zero-order valence-corrected chi connectivity index (χ0v) is 25.3. The molecule has 3 amide bonds. The van der Waals surface area contributed by atoms with Gasteiger partial charge in [0.1, 0.15) is 17.6 Å². The molecule has 1 N–H and O–H groups in total. The maximum Gasteiger partial charge on any atom is 0.418 e. The number of amides is 3. The van der Waals surface area contributed by atoms with Crippen molar-refractivity contribution in [2.75, 3.05) is 29.2 Å². The molecule has 14 heteroatoms. The van der Waals surface area contributed by atoms with Crippen molar-refractivity contribution in [2.24, 2.45) is 5.92 Å². The van der Waals surface area contributed by atoms with Crippen LogP contribution in [0.25, 0.3) is 0 Å². The Morgan fingerprint density at radius 2 is 1.60 bits per heavy atom. The second-order valence-electron chi connectivity index (χ2n) is 10.7. The number of hydrogen-bond donors (Lipinski definition) is 1. The molecule has 6 rings (SSSR count). The van der Waals surface area contributed by atoms with Gasteiger partial charge in [-0.2, -0.15) is 13.2 Å². The van der Waals surface area contributed by atoms with E-state index in [0.717, 1.165) is 40.9 Å². The lowest BCUT2D eigenvalue weighted by molar-refractivity contribution is -0.137. The second-order valence-corrected chi connectivity index (χ2v) is 12.9. The van der Waals surface area contributed by atoms with Crippen LogP contribution in [-0.4, -0.2) is 41.6 Å². The van der Waals surface area contributed by atoms with Gasteiger partial charge in [0.2, 0.25) is 17.7 Å². The van der Waals surface area contributed by atoms with Crippen LogP contribution in [-0.2, 0) is 27.1 Å². The van der Waals surface area contributed by atoms with Crippen LogP contribution >= 0.6 is 23.1 Å². The first-order valence-electron chi connectivity index (χ1n) is 13.6. The number of nitrogens with one attached hydrogen (secondary N) is 1. The first-order valence-corrected chi connectivity index (χ1v) is 15.3. The van der Waals surface area contributed by atoms with Gasteiger partial charge in [-0.05, 0) is 54.1 Å². The minimum atomic E-state index is -4.82. The molecule has 3 atom stereocenters. The highest BCUT2D eigenvalue weighted by Gasteiger charge is 2.57. The number of nitrogens with zero attached hydrogens (tertiary/aromatic N) is 3. The molecule has 0 aliphatic carbocycles. The first-order chi connectivity index (χ1) is 21.3. The lowest BCUT2D eigenvalue weighted by atomic mass is 9.83. The van der Waals surface area contributed by atoms with E-state index in [9.17, 15) is 36.7 Å². The summed E-state index contributed by atoms with van der Waals surface area (Å²) in [7, 11) is 3.69. The predicted octanol–water partition coefficient (Wildman–Crippen LogP) is 5.57. The molecule has 1 saturated heterocycles. The van der Waals surface area contributed by atoms with Crippen molar-refractivity contribution >= 4 is 57.9 Å². The van der Waals surface area contributed by atoms with Gasteiger partial charge in [0.05, 0.1) is 22.2 Å². The Kier molecular flexibility index (Phi) is 7.81. The van der Waals surface area contributed by atoms with E-state index in [4.69, 9.17) is 0 Å². The Bertz CT molecular complexity index is 1870. The average molecular weight is 657 g/mol. The van der Waals surface area contributed by atoms with Gasteiger partial charge in [0.25, 0.3) is 0 Å². The molecule has 45 heavy (non-hydrogen) atoms. The minimum absolute atomic E-state index is 0.286. The highest BCUT2D eigenvalue weighted by atomic mass is 32.2. The summed E-state index contributed by atoms with van der Waals surface area (Å²) in [6.07, 6.45) is -4.82. The molecule has 2 aliphatic rings. The van der Waals surface area contributed by atoms with E-state index in [2.05, 4.69) is 5.32 Å². The number of thioether (sulfide) groups is 1. The summed E-state index contributed by atoms with van der Waals surface area (Å²) in [5.74, 6) is -4.68. The van der Waals surface area contributed by atoms with Crippen LogP contribution < -0.4 is 20.0 Å². The highest BCUT2D eigenvalue weighted by molar-refractivity contribution is 8.00. The van der Waals surface area contributed by atoms with Crippen molar-refractivity contribution < 1.29 is 31.9 Å². The van der Waals surface area contributed by atoms with Crippen LogP contribution in [0.15, 0.2) is 82.6 Å². The van der Waals surface area contributed by atoms with Crippen LogP contribution in [0.1, 0.15) is 21.9 Å². The van der Waals surface area contributed by atoms with Crippen LogP contribution in [0, 0.1) is 11.7 Å². The first kappa shape index (κ1) is 30.6. The third-order valence-electron chi connectivity index (χ3n) is 7.70. The number of benzene rings is 3. The van der Waals surface area contributed by atoms with Crippen LogP contribution in [0.2, 0.25) is 0 Å². The molecular formula is C31H24F4N4O4S2. The number of rotatable bonds is 6. The normalized spacial score (nSPS) is 19.3. The van der Waals surface area contributed by atoms with E-state index < -0.39 is 69.5 Å². The van der Waals surface area contributed by atoms with E-state index in [-0.39, 0.29) is 5.03 Å². The summed E-state index contributed by atoms with van der Waals surface area (Å²) in [4.78, 5) is 56.6. The van der Waals surface area contributed by atoms with Crippen LogP contribution in [0.4, 0.5) is 34.6 Å². The number of halogens is 4. The number of anilines is 3. The SMILES string of the molecule is CN(C)c1ccc([C@@H]2c3sc(=O)n(CC(=O)Nc4ccc(F)cc4)c3S[C@H]3C(=O)N(c4ccccc4C(F)(F)F)C(=O)[C@@H]23)cc1. The van der Waals surface area contributed by atoms with Crippen molar-refractivity contribution in [3.63, 3.8) is 0 Å². The van der Waals surface area contributed by atoms with Crippen molar-refractivity contribution in [3.8, 4) is 0 Å². The molecule has 3 aromatic carbocycles. The zero-order valence-electron chi connectivity index (χ0n) is 23.7. The van der Waals surface area contributed by atoms with Gasteiger partial charge in [0, 0.05) is 36.3 Å². The second kappa shape index (κ2) is 11.5. The summed E-state index contributed by atoms with van der Waals surface area (Å²) >= 11 is 1.72. The molecule has 4 aromatic rings. The minimum Gasteiger partial charge on any atom is -0.378 e. The highest BCUT2D eigenvalue weighted by Crippen LogP contribution is 2.54. The smallest absolute Gasteiger partial charge is 0.378 e. The van der Waals surface area contributed by atoms with Crippen molar-refractivity contribution in [2.45, 2.75) is 28.9 Å². The summed E-state index contributed by atoms with van der Waals surface area (Å²) < 4.78 is 56.5. The maximum atomic E-state index is 14.0. The van der Waals surface area contributed by atoms with E-state index in [1.807, 2.05) is 19.0 Å². The molecular weight excluding hydrogens is 632 g/mol. The fourth-order valence-electron chi connectivity index (χ4n) is 5.62. The number of para-hydroxylation sites is 1. The number of carbonyl (C=O) groups excluding carboxylic acids is 3. The Hall–Kier alpha value is -4.43. The van der Waals surface area contributed by atoms with Gasteiger partial charge in [0.15, 0.2) is 0 Å². The molecule has 0 bridgehead atoms. The largest absolute Gasteiger partial charge is 0.418 e. The molecule has 8 nitrogen and oxygen atoms in total. The summed E-state index contributed by atoms with van der Waals surface area (Å²) in [6, 6.07) is 16.6. The number of fused-ring (bicyclic) bond motifs is 2. The van der Waals surface area contributed by atoms with E-state index >= 15 is 0 Å². The van der Waals surface area contributed by atoms with Gasteiger partial charge in [-0.15, -0.1) is 0 Å². The maximum absolute atomic E-state index is 14.0. The molecule has 3 heterocycles. The lowest BCUT2D eigenvalue weighted by Crippen LogP contribution is -2.33. The monoisotopic (exact) mass is 656 g/mol. The molecule has 0 unspecified atom stereocenters. The average Bonchev–Trinajstić information content (AvgIpc) is 3.44. The molecule has 0 spiro atoms. The standard InChI is InChI=1S/C31H24F4N4O4S2/c1-37(2)19-13-7-16(8-14-19)23-24-25(28(42)39(27(24)41)21-6-4-3-5-20(21)31(33,34)35)44-29-26(23)45-30(43)38(29)15-22(40)36-18-11-9-17(32)10-12-18/h3-14,23-25H,15H2,1-2H3,(H,36,40)/t23-,24-,25+/m0/s1. The number of hydrogen-bond acceptors (Lipinski definition) is 7. The molecule has 0 saturated carbocycles. The zero-order chi connectivity index (χ0) is 32.2. The van der Waals surface area contributed by atoms with E-state index in [1.165, 1.54) is 41.0 Å². The quantitative estimate of drug-likeness (QED) is 0.216. The Labute approximate surface area is 262 Å². The fourth-order valence-corrected chi connectivity index (χ4v) is 8.39. The summed E-state index contributed by atoms with van der Waals surface area (Å²) in [5, 5.41) is 1.73. The number of aromatic nitrogens is 1. The van der Waals surface area contributed by atoms with Crippen LogP contribution in [0.3, 0.4) is 0 Å². The number of alkyl halides is 3. The molecule has 2 aliphatic heterocycles. The fraction of sp³-hybridized carbons (Fsp3) is 0.226. The van der Waals surface area contributed by atoms with Gasteiger partial charge < -0.3 is 10.2 Å². The number of carbonyl (C=O) groups is 3. The molecule has 0 radical (unpaired) electrons. The van der Waals surface area contributed by atoms with Crippen molar-refractivity contribution in [1.29, 1.82) is 0 Å². The van der Waals surface area contributed by atoms with Crippen LogP contribution in [0.5, 0.6) is 0 Å². The predicted molar refractivity (Wildman–Crippen MR) is 163 cm³/mol. The molecule has 1 aromatic heterocycles. The summed E-state index contributed by atoms with van der Waals surface area (Å²) in [5.41, 5.74) is 0.0649. The van der Waals surface area contributed by atoms with Gasteiger partial charge >= 0.3 is 11.0 Å². The molecule has 1 fully saturated rings. The Morgan fingerprint density at radius 1 is 0.933 bits per heavy atom. The Balaban J connectivity index is 1.43. The van der Waals surface area contributed by atoms with E-state index in [1.54, 1.807) is 24.3 Å². The van der Waals surface area contributed by atoms with Crippen molar-refractivity contribution in [1.82, 2.24) is 4.57 Å². The topological polar surface area (TPSA) is 91.7 Å². The van der Waals surface area contributed by atoms with Gasteiger partial charge in [-0.25, -0.2) is 9.29 Å². The third kappa shape index (κ3) is 5.52. The Morgan fingerprint density at radius 3 is 2.24 bits per heavy atom. The van der Waals surface area contributed by atoms with E-state index in [0.29, 0.717) is 21.0 Å². The van der Waals surface area contributed by atoms with Gasteiger partial charge in [-0.1, -0.05) is 47.4 Å². The number of imide groups is 1. The summed E-state index contributed by atoms with van der Waals surface area (Å²) in [6.45, 7) is -0.443. The van der Waals surface area contributed by atoms with Crippen molar-refractivity contribution in [3.05, 3.63) is 104 Å².